The van der Waals surface area contributed by atoms with Crippen LogP contribution < -0.4 is 5.32 Å². The smallest absolute Gasteiger partial charge is 0.239 e. The highest BCUT2D eigenvalue weighted by Gasteiger charge is 2.33. The Hall–Kier alpha value is -0.570. The maximum atomic E-state index is 12.1. The number of amides is 1. The van der Waals surface area contributed by atoms with E-state index in [0.717, 1.165) is 6.54 Å². The lowest BCUT2D eigenvalue weighted by Crippen LogP contribution is -2.53. The molecule has 1 rings (SSSR count). The summed E-state index contributed by atoms with van der Waals surface area (Å²) in [6.45, 7) is 9.48. The molecule has 1 amide bonds. The molecule has 0 aliphatic carbocycles. The molecule has 0 aromatic rings. The maximum Gasteiger partial charge on any atom is 0.239 e. The summed E-state index contributed by atoms with van der Waals surface area (Å²) in [6.07, 6.45) is 1.24. The number of carbonyl (C=O) groups is 1. The third kappa shape index (κ3) is 2.71. The number of carbonyl (C=O) groups excluding carboxylic acids is 1. The van der Waals surface area contributed by atoms with Gasteiger partial charge in [-0.15, -0.1) is 0 Å². The van der Waals surface area contributed by atoms with E-state index in [-0.39, 0.29) is 11.9 Å². The molecular formula is C12H24N2O. The van der Waals surface area contributed by atoms with Crippen LogP contribution in [0.5, 0.6) is 0 Å². The first-order chi connectivity index (χ1) is 6.97. The number of likely N-dealkylation sites (N-methyl/N-ethyl adjacent to an activating group) is 1. The summed E-state index contributed by atoms with van der Waals surface area (Å²) in [7, 11) is 1.84. The van der Waals surface area contributed by atoms with Crippen LogP contribution in [0, 0.1) is 11.8 Å². The summed E-state index contributed by atoms with van der Waals surface area (Å²) >= 11 is 0. The average Bonchev–Trinajstić information content (AvgIpc) is 2.21. The molecule has 0 spiro atoms. The van der Waals surface area contributed by atoms with Gasteiger partial charge in [-0.3, -0.25) is 4.79 Å². The van der Waals surface area contributed by atoms with E-state index < -0.39 is 0 Å². The Morgan fingerprint density at radius 1 is 1.40 bits per heavy atom. The number of rotatable bonds is 2. The lowest BCUT2D eigenvalue weighted by Gasteiger charge is -2.42. The molecule has 0 aromatic heterocycles. The van der Waals surface area contributed by atoms with Gasteiger partial charge >= 0.3 is 0 Å². The number of hydrogen-bond donors (Lipinski definition) is 1. The Morgan fingerprint density at radius 3 is 2.53 bits per heavy atom. The minimum absolute atomic E-state index is 0.0649. The van der Waals surface area contributed by atoms with E-state index in [1.165, 1.54) is 6.42 Å². The van der Waals surface area contributed by atoms with E-state index in [2.05, 4.69) is 26.1 Å². The number of hydrogen-bond acceptors (Lipinski definition) is 2. The molecule has 1 N–H and O–H groups in total. The first kappa shape index (κ1) is 12.5. The molecule has 1 fully saturated rings. The van der Waals surface area contributed by atoms with Crippen molar-refractivity contribution >= 4 is 5.91 Å². The summed E-state index contributed by atoms with van der Waals surface area (Å²) in [5, 5.41) is 3.02. The normalized spacial score (nSPS) is 33.9. The van der Waals surface area contributed by atoms with Crippen molar-refractivity contribution in [3.05, 3.63) is 0 Å². The SMILES string of the molecule is CNC(C)C(=O)N1CC(C)CC(C)C1C. The molecule has 15 heavy (non-hydrogen) atoms. The highest BCUT2D eigenvalue weighted by molar-refractivity contribution is 5.81. The van der Waals surface area contributed by atoms with E-state index in [0.29, 0.717) is 17.9 Å². The molecule has 3 heteroatoms. The Labute approximate surface area is 93.2 Å². The Kier molecular flexibility index (Phi) is 4.14. The zero-order valence-corrected chi connectivity index (χ0v) is 10.6. The molecule has 1 saturated heterocycles. The van der Waals surface area contributed by atoms with E-state index in [4.69, 9.17) is 0 Å². The van der Waals surface area contributed by atoms with E-state index in [9.17, 15) is 4.79 Å². The number of nitrogens with zero attached hydrogens (tertiary/aromatic N) is 1. The van der Waals surface area contributed by atoms with Crippen LogP contribution in [0.4, 0.5) is 0 Å². The monoisotopic (exact) mass is 212 g/mol. The minimum Gasteiger partial charge on any atom is -0.338 e. The van der Waals surface area contributed by atoms with Crippen molar-refractivity contribution in [1.82, 2.24) is 10.2 Å². The van der Waals surface area contributed by atoms with E-state index in [1.807, 2.05) is 18.9 Å². The fraction of sp³-hybridized carbons (Fsp3) is 0.917. The van der Waals surface area contributed by atoms with Gasteiger partial charge in [0.15, 0.2) is 0 Å². The van der Waals surface area contributed by atoms with Crippen LogP contribution in [0.1, 0.15) is 34.1 Å². The van der Waals surface area contributed by atoms with E-state index >= 15 is 0 Å². The fourth-order valence-electron chi connectivity index (χ4n) is 2.38. The average molecular weight is 212 g/mol. The molecule has 1 aliphatic rings. The van der Waals surface area contributed by atoms with Gasteiger partial charge in [-0.2, -0.15) is 0 Å². The molecule has 0 bridgehead atoms. The molecule has 0 aromatic carbocycles. The van der Waals surface area contributed by atoms with Gasteiger partial charge in [0.25, 0.3) is 0 Å². The summed E-state index contributed by atoms with van der Waals surface area (Å²) in [6, 6.07) is 0.314. The zero-order chi connectivity index (χ0) is 11.6. The van der Waals surface area contributed by atoms with Crippen LogP contribution in [-0.4, -0.2) is 36.5 Å². The standard InChI is InChI=1S/C12H24N2O/c1-8-6-9(2)11(4)14(7-8)12(15)10(3)13-5/h8-11,13H,6-7H2,1-5H3. The maximum absolute atomic E-state index is 12.1. The van der Waals surface area contributed by atoms with Crippen LogP contribution in [0.2, 0.25) is 0 Å². The van der Waals surface area contributed by atoms with Gasteiger partial charge in [0.2, 0.25) is 5.91 Å². The van der Waals surface area contributed by atoms with Crippen LogP contribution in [0.3, 0.4) is 0 Å². The summed E-state index contributed by atoms with van der Waals surface area (Å²) in [5.74, 6) is 1.48. The van der Waals surface area contributed by atoms with Gasteiger partial charge in [0.05, 0.1) is 6.04 Å². The Balaban J connectivity index is 2.70. The minimum atomic E-state index is -0.0649. The highest BCUT2D eigenvalue weighted by atomic mass is 16.2. The Morgan fingerprint density at radius 2 is 2.00 bits per heavy atom. The molecule has 88 valence electrons. The van der Waals surface area contributed by atoms with Gasteiger partial charge in [0, 0.05) is 12.6 Å². The predicted molar refractivity (Wildman–Crippen MR) is 62.6 cm³/mol. The van der Waals surface area contributed by atoms with Crippen LogP contribution in [0.15, 0.2) is 0 Å². The van der Waals surface area contributed by atoms with Crippen LogP contribution >= 0.6 is 0 Å². The van der Waals surface area contributed by atoms with Crippen LogP contribution in [0.25, 0.3) is 0 Å². The van der Waals surface area contributed by atoms with Crippen molar-refractivity contribution in [2.45, 2.75) is 46.2 Å². The zero-order valence-electron chi connectivity index (χ0n) is 10.6. The first-order valence-corrected chi connectivity index (χ1v) is 5.95. The first-order valence-electron chi connectivity index (χ1n) is 5.95. The second kappa shape index (κ2) is 4.97. The van der Waals surface area contributed by atoms with Crippen molar-refractivity contribution in [2.75, 3.05) is 13.6 Å². The van der Waals surface area contributed by atoms with Crippen molar-refractivity contribution in [2.24, 2.45) is 11.8 Å². The highest BCUT2D eigenvalue weighted by Crippen LogP contribution is 2.27. The molecular weight excluding hydrogens is 188 g/mol. The number of piperidine rings is 1. The van der Waals surface area contributed by atoms with Gasteiger partial charge in [-0.05, 0) is 39.2 Å². The summed E-state index contributed by atoms with van der Waals surface area (Å²) in [4.78, 5) is 14.1. The quantitative estimate of drug-likeness (QED) is 0.752. The van der Waals surface area contributed by atoms with Gasteiger partial charge in [-0.25, -0.2) is 0 Å². The van der Waals surface area contributed by atoms with Crippen molar-refractivity contribution in [1.29, 1.82) is 0 Å². The van der Waals surface area contributed by atoms with Gasteiger partial charge < -0.3 is 10.2 Å². The second-order valence-corrected chi connectivity index (χ2v) is 5.06. The van der Waals surface area contributed by atoms with Crippen molar-refractivity contribution in [3.63, 3.8) is 0 Å². The summed E-state index contributed by atoms with van der Waals surface area (Å²) < 4.78 is 0. The van der Waals surface area contributed by atoms with Crippen LogP contribution in [-0.2, 0) is 4.79 Å². The molecule has 3 nitrogen and oxygen atoms in total. The van der Waals surface area contributed by atoms with Crippen molar-refractivity contribution < 1.29 is 4.79 Å². The number of nitrogens with one attached hydrogen (secondary N) is 1. The van der Waals surface area contributed by atoms with Crippen molar-refractivity contribution in [3.8, 4) is 0 Å². The largest absolute Gasteiger partial charge is 0.338 e. The molecule has 1 aliphatic heterocycles. The molecule has 0 saturated carbocycles. The van der Waals surface area contributed by atoms with Gasteiger partial charge in [-0.1, -0.05) is 13.8 Å². The third-order valence-electron chi connectivity index (χ3n) is 3.68. The van der Waals surface area contributed by atoms with Gasteiger partial charge in [0.1, 0.15) is 0 Å². The second-order valence-electron chi connectivity index (χ2n) is 5.06. The Bertz CT molecular complexity index is 230. The topological polar surface area (TPSA) is 32.3 Å². The lowest BCUT2D eigenvalue weighted by atomic mass is 9.85. The summed E-state index contributed by atoms with van der Waals surface area (Å²) in [5.41, 5.74) is 0. The lowest BCUT2D eigenvalue weighted by molar-refractivity contribution is -0.138. The number of likely N-dealkylation sites (tertiary alicyclic amines) is 1. The third-order valence-corrected chi connectivity index (χ3v) is 3.68. The molecule has 1 heterocycles. The molecule has 4 unspecified atom stereocenters. The fourth-order valence-corrected chi connectivity index (χ4v) is 2.38. The predicted octanol–water partition coefficient (Wildman–Crippen LogP) is 1.49. The molecule has 0 radical (unpaired) electrons. The van der Waals surface area contributed by atoms with E-state index in [1.54, 1.807) is 0 Å². The molecule has 4 atom stereocenters.